The second kappa shape index (κ2) is 20.0. The van der Waals surface area contributed by atoms with Gasteiger partial charge in [0.1, 0.15) is 12.6 Å². The first-order valence-electron chi connectivity index (χ1n) is 14.1. The van der Waals surface area contributed by atoms with Gasteiger partial charge in [0, 0.05) is 19.6 Å². The molecule has 0 aliphatic rings. The number of nitrogens with one attached hydrogen (secondary N) is 1. The van der Waals surface area contributed by atoms with Crippen molar-refractivity contribution >= 4 is 23.7 Å². The molecule has 262 valence electrons. The van der Waals surface area contributed by atoms with Crippen LogP contribution >= 0.6 is 0 Å². The molecule has 4 N–H and O–H groups in total. The molecule has 2 aromatic carbocycles. The Balaban J connectivity index is 0.00000141. The van der Waals surface area contributed by atoms with Gasteiger partial charge in [0.05, 0.1) is 17.8 Å². The maximum atomic E-state index is 12.9. The van der Waals surface area contributed by atoms with Crippen LogP contribution in [0.15, 0.2) is 59.8 Å². The Bertz CT molecular complexity index is 1270. The summed E-state index contributed by atoms with van der Waals surface area (Å²) in [6.07, 6.45) is -9.65. The Morgan fingerprint density at radius 1 is 0.915 bits per heavy atom. The summed E-state index contributed by atoms with van der Waals surface area (Å²) in [5, 5.41) is 13.7. The normalized spacial score (nSPS) is 13.1. The van der Waals surface area contributed by atoms with E-state index in [1.165, 1.54) is 12.1 Å². The van der Waals surface area contributed by atoms with Crippen LogP contribution in [0.25, 0.3) is 0 Å². The molecule has 0 bridgehead atoms. The fourth-order valence-corrected chi connectivity index (χ4v) is 3.38. The first kappa shape index (κ1) is 40.6. The van der Waals surface area contributed by atoms with E-state index in [0.29, 0.717) is 36.3 Å². The molecule has 0 aliphatic heterocycles. The van der Waals surface area contributed by atoms with Crippen LogP contribution in [0.4, 0.5) is 31.1 Å². The number of alkyl halides is 6. The molecule has 47 heavy (non-hydrogen) atoms. The predicted molar refractivity (Wildman–Crippen MR) is 156 cm³/mol. The number of methoxy groups -OCH3 is 1. The van der Waals surface area contributed by atoms with Gasteiger partial charge in [-0.3, -0.25) is 0 Å². The highest BCUT2D eigenvalue weighted by molar-refractivity contribution is 6.00. The number of amides is 1. The highest BCUT2D eigenvalue weighted by atomic mass is 19.4. The largest absolute Gasteiger partial charge is 0.490 e. The maximum Gasteiger partial charge on any atom is 0.490 e. The molecule has 2 atom stereocenters. The van der Waals surface area contributed by atoms with E-state index in [0.717, 1.165) is 18.6 Å². The van der Waals surface area contributed by atoms with Crippen molar-refractivity contribution in [3.05, 3.63) is 71.3 Å². The number of carboxylic acids is 1. The summed E-state index contributed by atoms with van der Waals surface area (Å²) in [5.74, 6) is -3.84. The van der Waals surface area contributed by atoms with Crippen molar-refractivity contribution in [2.75, 3.05) is 26.9 Å². The van der Waals surface area contributed by atoms with E-state index in [2.05, 4.69) is 10.5 Å². The van der Waals surface area contributed by atoms with Gasteiger partial charge in [0.25, 0.3) is 6.29 Å². The van der Waals surface area contributed by atoms with Gasteiger partial charge in [-0.05, 0) is 42.5 Å². The Hall–Kier alpha value is -4.38. The number of rotatable bonds is 15. The zero-order chi connectivity index (χ0) is 35.6. The lowest BCUT2D eigenvalue weighted by atomic mass is 10.0. The van der Waals surface area contributed by atoms with Gasteiger partial charge in [0.2, 0.25) is 0 Å². The number of oxime groups is 1. The molecular formula is C30H37F6N3O8. The minimum absolute atomic E-state index is 0.00852. The number of aliphatic carboxylic acids is 1. The minimum Gasteiger partial charge on any atom is -0.475 e. The second-order valence-corrected chi connectivity index (χ2v) is 9.97. The molecule has 17 heteroatoms. The van der Waals surface area contributed by atoms with Crippen molar-refractivity contribution in [2.24, 2.45) is 16.8 Å². The highest BCUT2D eigenvalue weighted by Crippen LogP contribution is 2.29. The summed E-state index contributed by atoms with van der Waals surface area (Å²) in [6.45, 7) is 3.94. The van der Waals surface area contributed by atoms with Crippen LogP contribution in [-0.2, 0) is 34.8 Å². The first-order valence-corrected chi connectivity index (χ1v) is 14.1. The van der Waals surface area contributed by atoms with E-state index in [4.69, 9.17) is 34.7 Å². The fraction of sp³-hybridized carbons (Fsp3) is 0.467. The molecular weight excluding hydrogens is 644 g/mol. The molecule has 1 unspecified atom stereocenters. The molecule has 1 amide bonds. The van der Waals surface area contributed by atoms with E-state index in [9.17, 15) is 35.9 Å². The Kier molecular flexibility index (Phi) is 17.3. The number of alkyl carbamates (subject to hydrolysis) is 1. The summed E-state index contributed by atoms with van der Waals surface area (Å²) < 4.78 is 86.0. The number of halogens is 6. The lowest BCUT2D eigenvalue weighted by Crippen LogP contribution is -2.37. The van der Waals surface area contributed by atoms with Crippen LogP contribution in [0, 0.1) is 5.92 Å². The second-order valence-electron chi connectivity index (χ2n) is 9.97. The number of carbonyl (C=O) groups is 3. The van der Waals surface area contributed by atoms with Gasteiger partial charge < -0.3 is 35.2 Å². The first-order chi connectivity index (χ1) is 22.0. The maximum absolute atomic E-state index is 12.9. The van der Waals surface area contributed by atoms with E-state index >= 15 is 0 Å². The molecule has 11 nitrogen and oxygen atoms in total. The molecule has 0 saturated heterocycles. The third-order valence-electron chi connectivity index (χ3n) is 5.85. The summed E-state index contributed by atoms with van der Waals surface area (Å²) in [7, 11) is 1.58. The smallest absolute Gasteiger partial charge is 0.475 e. The zero-order valence-corrected chi connectivity index (χ0v) is 25.8. The Morgan fingerprint density at radius 3 is 2.02 bits per heavy atom. The van der Waals surface area contributed by atoms with E-state index in [1.54, 1.807) is 51.3 Å². The lowest BCUT2D eigenvalue weighted by Gasteiger charge is -2.23. The molecule has 0 aliphatic carbocycles. The number of esters is 1. The summed E-state index contributed by atoms with van der Waals surface area (Å²) >= 11 is 0. The van der Waals surface area contributed by atoms with Gasteiger partial charge in [-0.15, -0.1) is 0 Å². The van der Waals surface area contributed by atoms with E-state index < -0.39 is 48.3 Å². The zero-order valence-electron chi connectivity index (χ0n) is 25.8. The van der Waals surface area contributed by atoms with Crippen LogP contribution in [-0.4, -0.2) is 68.2 Å². The number of hydrogen-bond acceptors (Lipinski definition) is 9. The molecule has 0 radical (unpaired) electrons. The Labute approximate surface area is 267 Å². The summed E-state index contributed by atoms with van der Waals surface area (Å²) in [5.41, 5.74) is 6.72. The molecule has 2 rings (SSSR count). The lowest BCUT2D eigenvalue weighted by molar-refractivity contribution is -0.192. The van der Waals surface area contributed by atoms with Crippen LogP contribution in [0.1, 0.15) is 55.8 Å². The standard InChI is InChI=1S/C28H36F3N3O6.C2HF3O2/c1-19(2)26(39-25(35)24(32)21-9-5-4-6-10-21)40-27(36)33-16-18-38-34-23(11-7-8-17-37-3)20-12-14-22(15-13-20)28(29,30)31;3-2(4,5)1(6)7/h4-6,9-10,12-15,19,24,26H,7-8,11,16-18,32H2,1-3H3,(H,33,36);(H,6,7)/b34-23+;/t24-,26?;/m0./s1. The topological polar surface area (TPSA) is 159 Å². The molecule has 0 spiro atoms. The number of ether oxygens (including phenoxy) is 3. The minimum atomic E-state index is -5.08. The van der Waals surface area contributed by atoms with E-state index in [-0.39, 0.29) is 19.1 Å². The molecule has 0 fully saturated rings. The number of hydrogen-bond donors (Lipinski definition) is 3. The Morgan fingerprint density at radius 2 is 1.51 bits per heavy atom. The van der Waals surface area contributed by atoms with Crippen molar-refractivity contribution in [1.82, 2.24) is 5.32 Å². The molecule has 0 aromatic heterocycles. The van der Waals surface area contributed by atoms with Crippen molar-refractivity contribution in [2.45, 2.75) is 57.8 Å². The average Bonchev–Trinajstić information content (AvgIpc) is 3.01. The third kappa shape index (κ3) is 16.1. The van der Waals surface area contributed by atoms with Gasteiger partial charge >= 0.3 is 30.4 Å². The van der Waals surface area contributed by atoms with Crippen molar-refractivity contribution in [1.29, 1.82) is 0 Å². The van der Waals surface area contributed by atoms with Crippen LogP contribution < -0.4 is 11.1 Å². The fourth-order valence-electron chi connectivity index (χ4n) is 3.38. The summed E-state index contributed by atoms with van der Waals surface area (Å²) in [6, 6.07) is 12.3. The van der Waals surface area contributed by atoms with Crippen molar-refractivity contribution < 1.29 is 64.9 Å². The average molecular weight is 682 g/mol. The number of carbonyl (C=O) groups excluding carboxylic acids is 2. The SMILES string of the molecule is COCCCC/C(=N\OCCNC(=O)OC(OC(=O)[C@@H](N)c1ccccc1)C(C)C)c1ccc(C(F)(F)F)cc1.O=C(O)C(F)(F)F. The van der Waals surface area contributed by atoms with Gasteiger partial charge in [-0.1, -0.05) is 61.5 Å². The van der Waals surface area contributed by atoms with E-state index in [1.807, 2.05) is 0 Å². The number of nitrogens with zero attached hydrogens (tertiary/aromatic N) is 1. The van der Waals surface area contributed by atoms with Gasteiger partial charge in [0.15, 0.2) is 0 Å². The predicted octanol–water partition coefficient (Wildman–Crippen LogP) is 5.83. The monoisotopic (exact) mass is 681 g/mol. The highest BCUT2D eigenvalue weighted by Gasteiger charge is 2.38. The van der Waals surface area contributed by atoms with Crippen LogP contribution in [0.3, 0.4) is 0 Å². The van der Waals surface area contributed by atoms with Crippen molar-refractivity contribution in [3.8, 4) is 0 Å². The van der Waals surface area contributed by atoms with Gasteiger partial charge in [-0.2, -0.15) is 26.3 Å². The van der Waals surface area contributed by atoms with Crippen molar-refractivity contribution in [3.63, 3.8) is 0 Å². The number of benzene rings is 2. The number of unbranched alkanes of at least 4 members (excludes halogenated alkanes) is 1. The number of nitrogens with two attached hydrogens (primary N) is 1. The number of carboxylic acid groups (broad SMARTS) is 1. The molecule has 0 heterocycles. The third-order valence-corrected chi connectivity index (χ3v) is 5.85. The molecule has 0 saturated carbocycles. The van der Waals surface area contributed by atoms with Crippen LogP contribution in [0.2, 0.25) is 0 Å². The quantitative estimate of drug-likeness (QED) is 0.0525. The van der Waals surface area contributed by atoms with Gasteiger partial charge in [-0.25, -0.2) is 14.4 Å². The van der Waals surface area contributed by atoms with Crippen LogP contribution in [0.5, 0.6) is 0 Å². The molecule has 2 aromatic rings. The summed E-state index contributed by atoms with van der Waals surface area (Å²) in [4.78, 5) is 38.9.